The molecule has 0 spiro atoms. The van der Waals surface area contributed by atoms with Gasteiger partial charge >= 0.3 is 0 Å². The minimum absolute atomic E-state index is 0.295. The zero-order valence-electron chi connectivity index (χ0n) is 11.5. The van der Waals surface area contributed by atoms with E-state index in [0.29, 0.717) is 5.92 Å². The first-order chi connectivity index (χ1) is 9.34. The number of hydrogen-bond acceptors (Lipinski definition) is 3. The molecule has 2 aliphatic rings. The second-order valence-electron chi connectivity index (χ2n) is 5.86. The number of para-hydroxylation sites is 1. The summed E-state index contributed by atoms with van der Waals surface area (Å²) in [6.45, 7) is 4.64. The number of hydrogen-bond donors (Lipinski definition) is 2. The van der Waals surface area contributed by atoms with Gasteiger partial charge in [-0.15, -0.1) is 0 Å². The molecule has 2 aliphatic heterocycles. The van der Waals surface area contributed by atoms with E-state index in [1.807, 2.05) is 18.2 Å². The third kappa shape index (κ3) is 2.93. The Balaban J connectivity index is 1.52. The van der Waals surface area contributed by atoms with Gasteiger partial charge in [0.05, 0.1) is 6.10 Å². The fourth-order valence-electron chi connectivity index (χ4n) is 3.37. The third-order valence-electron chi connectivity index (χ3n) is 4.53. The van der Waals surface area contributed by atoms with Crippen LogP contribution in [0.3, 0.4) is 0 Å². The summed E-state index contributed by atoms with van der Waals surface area (Å²) in [5, 5.41) is 13.9. The quantitative estimate of drug-likeness (QED) is 0.873. The predicted octanol–water partition coefficient (Wildman–Crippen LogP) is 2.64. The van der Waals surface area contributed by atoms with Gasteiger partial charge in [0.25, 0.3) is 0 Å². The number of aliphatic hydroxyl groups excluding tert-OH is 1. The topological polar surface area (TPSA) is 35.5 Å². The molecule has 2 atom stereocenters. The summed E-state index contributed by atoms with van der Waals surface area (Å²) in [4.78, 5) is 2.55. The van der Waals surface area contributed by atoms with Crippen molar-refractivity contribution in [3.8, 4) is 0 Å². The van der Waals surface area contributed by atoms with Crippen LogP contribution in [0.2, 0.25) is 0 Å². The molecule has 0 unspecified atom stereocenters. The zero-order valence-corrected chi connectivity index (χ0v) is 11.5. The number of anilines is 1. The summed E-state index contributed by atoms with van der Waals surface area (Å²) in [5.41, 5.74) is 2.17. The maximum atomic E-state index is 10.5. The van der Waals surface area contributed by atoms with Crippen LogP contribution in [0.5, 0.6) is 0 Å². The Morgan fingerprint density at radius 2 is 2.00 bits per heavy atom. The molecule has 0 radical (unpaired) electrons. The van der Waals surface area contributed by atoms with Crippen molar-refractivity contribution in [2.24, 2.45) is 5.92 Å². The van der Waals surface area contributed by atoms with Gasteiger partial charge in [-0.2, -0.15) is 0 Å². The van der Waals surface area contributed by atoms with E-state index < -0.39 is 0 Å². The molecule has 0 aromatic heterocycles. The Hall–Kier alpha value is -1.06. The highest BCUT2D eigenvalue weighted by Crippen LogP contribution is 2.35. The summed E-state index contributed by atoms with van der Waals surface area (Å²) >= 11 is 0. The van der Waals surface area contributed by atoms with Crippen molar-refractivity contribution >= 4 is 5.69 Å². The average molecular weight is 260 g/mol. The standard InChI is InChI=1S/C16H24N2O/c19-16-13(6-5-11-18-9-3-4-10-18)12-17-15-8-2-1-7-14(15)16/h1-2,7-8,13,16-17,19H,3-6,9-12H2/t13-,16+/m1/s1. The van der Waals surface area contributed by atoms with Gasteiger partial charge in [-0.3, -0.25) is 0 Å². The number of likely N-dealkylation sites (tertiary alicyclic amines) is 1. The van der Waals surface area contributed by atoms with Gasteiger partial charge in [-0.25, -0.2) is 0 Å². The second-order valence-corrected chi connectivity index (χ2v) is 5.86. The van der Waals surface area contributed by atoms with Crippen molar-refractivity contribution in [3.63, 3.8) is 0 Å². The molecule has 1 aromatic rings. The number of rotatable bonds is 4. The number of nitrogens with zero attached hydrogens (tertiary/aromatic N) is 1. The zero-order chi connectivity index (χ0) is 13.1. The lowest BCUT2D eigenvalue weighted by atomic mass is 9.87. The molecule has 2 heterocycles. The van der Waals surface area contributed by atoms with Crippen molar-refractivity contribution in [3.05, 3.63) is 29.8 Å². The lowest BCUT2D eigenvalue weighted by Gasteiger charge is -2.31. The first kappa shape index (κ1) is 12.9. The van der Waals surface area contributed by atoms with Gasteiger partial charge in [0.2, 0.25) is 0 Å². The van der Waals surface area contributed by atoms with Crippen molar-refractivity contribution in [2.45, 2.75) is 31.8 Å². The normalized spacial score (nSPS) is 27.0. The Kier molecular flexibility index (Phi) is 4.04. The van der Waals surface area contributed by atoms with Crippen LogP contribution < -0.4 is 5.32 Å². The number of benzene rings is 1. The summed E-state index contributed by atoms with van der Waals surface area (Å²) in [6, 6.07) is 8.13. The van der Waals surface area contributed by atoms with Crippen LogP contribution in [0.1, 0.15) is 37.4 Å². The summed E-state index contributed by atoms with van der Waals surface area (Å²) in [5.74, 6) is 0.359. The monoisotopic (exact) mass is 260 g/mol. The van der Waals surface area contributed by atoms with E-state index in [4.69, 9.17) is 0 Å². The third-order valence-corrected chi connectivity index (χ3v) is 4.53. The molecule has 1 aromatic carbocycles. The molecule has 3 rings (SSSR count). The van der Waals surface area contributed by atoms with E-state index in [-0.39, 0.29) is 6.10 Å². The highest BCUT2D eigenvalue weighted by molar-refractivity contribution is 5.54. The Labute approximate surface area is 115 Å². The van der Waals surface area contributed by atoms with Gasteiger partial charge in [0, 0.05) is 23.7 Å². The highest BCUT2D eigenvalue weighted by Gasteiger charge is 2.27. The van der Waals surface area contributed by atoms with Crippen molar-refractivity contribution in [1.82, 2.24) is 4.90 Å². The number of nitrogens with one attached hydrogen (secondary N) is 1. The van der Waals surface area contributed by atoms with Gasteiger partial charge in [-0.05, 0) is 51.4 Å². The van der Waals surface area contributed by atoms with E-state index in [0.717, 1.165) is 24.2 Å². The first-order valence-electron chi connectivity index (χ1n) is 7.58. The Morgan fingerprint density at radius 3 is 2.84 bits per heavy atom. The van der Waals surface area contributed by atoms with Crippen molar-refractivity contribution < 1.29 is 5.11 Å². The number of aliphatic hydroxyl groups is 1. The van der Waals surface area contributed by atoms with Crippen molar-refractivity contribution in [1.29, 1.82) is 0 Å². The molecule has 0 bridgehead atoms. The Morgan fingerprint density at radius 1 is 1.21 bits per heavy atom. The molecule has 3 nitrogen and oxygen atoms in total. The molecule has 104 valence electrons. The molecule has 1 saturated heterocycles. The first-order valence-corrected chi connectivity index (χ1v) is 7.58. The largest absolute Gasteiger partial charge is 0.388 e. The molecule has 2 N–H and O–H groups in total. The minimum Gasteiger partial charge on any atom is -0.388 e. The smallest absolute Gasteiger partial charge is 0.0854 e. The molecule has 0 saturated carbocycles. The maximum absolute atomic E-state index is 10.5. The molecule has 19 heavy (non-hydrogen) atoms. The van der Waals surface area contributed by atoms with Crippen LogP contribution >= 0.6 is 0 Å². The van der Waals surface area contributed by atoms with Gasteiger partial charge in [0.1, 0.15) is 0 Å². The lowest BCUT2D eigenvalue weighted by molar-refractivity contribution is 0.102. The van der Waals surface area contributed by atoms with Crippen LogP contribution in [0, 0.1) is 5.92 Å². The summed E-state index contributed by atoms with van der Waals surface area (Å²) in [6.07, 6.45) is 4.74. The second kappa shape index (κ2) is 5.93. The van der Waals surface area contributed by atoms with Gasteiger partial charge < -0.3 is 15.3 Å². The Bertz CT molecular complexity index is 415. The lowest BCUT2D eigenvalue weighted by Crippen LogP contribution is -2.29. The summed E-state index contributed by atoms with van der Waals surface area (Å²) in [7, 11) is 0. The fourth-order valence-corrected chi connectivity index (χ4v) is 3.37. The molecule has 3 heteroatoms. The predicted molar refractivity (Wildman–Crippen MR) is 78.3 cm³/mol. The molecular weight excluding hydrogens is 236 g/mol. The number of fused-ring (bicyclic) bond motifs is 1. The van der Waals surface area contributed by atoms with E-state index in [9.17, 15) is 5.11 Å². The van der Waals surface area contributed by atoms with Gasteiger partial charge in [-0.1, -0.05) is 18.2 Å². The van der Waals surface area contributed by atoms with E-state index in [2.05, 4.69) is 16.3 Å². The van der Waals surface area contributed by atoms with E-state index in [1.54, 1.807) is 0 Å². The average Bonchev–Trinajstić information content (AvgIpc) is 2.95. The highest BCUT2D eigenvalue weighted by atomic mass is 16.3. The van der Waals surface area contributed by atoms with Crippen LogP contribution in [0.15, 0.2) is 24.3 Å². The minimum atomic E-state index is -0.295. The fraction of sp³-hybridized carbons (Fsp3) is 0.625. The van der Waals surface area contributed by atoms with Gasteiger partial charge in [0.15, 0.2) is 0 Å². The van der Waals surface area contributed by atoms with Crippen LogP contribution in [-0.4, -0.2) is 36.2 Å². The molecule has 0 amide bonds. The maximum Gasteiger partial charge on any atom is 0.0854 e. The van der Waals surface area contributed by atoms with Crippen LogP contribution in [0.4, 0.5) is 5.69 Å². The summed E-state index contributed by atoms with van der Waals surface area (Å²) < 4.78 is 0. The van der Waals surface area contributed by atoms with E-state index >= 15 is 0 Å². The molecular formula is C16H24N2O. The van der Waals surface area contributed by atoms with Crippen LogP contribution in [0.25, 0.3) is 0 Å². The van der Waals surface area contributed by atoms with Crippen LogP contribution in [-0.2, 0) is 0 Å². The SMILES string of the molecule is O[C@@H]1c2ccccc2NC[C@H]1CCCN1CCCC1. The molecule has 0 aliphatic carbocycles. The van der Waals surface area contributed by atoms with E-state index in [1.165, 1.54) is 38.9 Å². The van der Waals surface area contributed by atoms with Crippen molar-refractivity contribution in [2.75, 3.05) is 31.5 Å². The molecule has 1 fully saturated rings.